The topological polar surface area (TPSA) is 69.7 Å². The summed E-state index contributed by atoms with van der Waals surface area (Å²) in [5, 5.41) is 0. The fraction of sp³-hybridized carbons (Fsp3) is 0.667. The van der Waals surface area contributed by atoms with E-state index in [4.69, 9.17) is 11.2 Å². The summed E-state index contributed by atoms with van der Waals surface area (Å²) in [7, 11) is -3.58. The highest BCUT2D eigenvalue weighted by molar-refractivity contribution is 7.86. The van der Waals surface area contributed by atoms with Crippen LogP contribution in [0.2, 0.25) is 0 Å². The van der Waals surface area contributed by atoms with Gasteiger partial charge in [0, 0.05) is 6.42 Å². The summed E-state index contributed by atoms with van der Waals surface area (Å²) in [5.74, 6) is 1.50. The van der Waals surface area contributed by atoms with Crippen molar-refractivity contribution in [3.63, 3.8) is 0 Å². The summed E-state index contributed by atoms with van der Waals surface area (Å²) in [6, 6.07) is 0. The van der Waals surface area contributed by atoms with E-state index in [1.807, 2.05) is 0 Å². The molecule has 0 radical (unpaired) electrons. The summed E-state index contributed by atoms with van der Waals surface area (Å²) in [4.78, 5) is 10.7. The number of rotatable bonds is 7. The number of carbonyl (C=O) groups is 1. The molecule has 0 aliphatic rings. The average molecular weight is 234 g/mol. The molecule has 5 nitrogen and oxygen atoms in total. The molecule has 0 fully saturated rings. The summed E-state index contributed by atoms with van der Waals surface area (Å²) in [6.07, 6.45) is 5.32. The van der Waals surface area contributed by atoms with Gasteiger partial charge in [0.05, 0.1) is 12.4 Å². The molecule has 0 amide bonds. The maximum atomic E-state index is 11.0. The van der Waals surface area contributed by atoms with Gasteiger partial charge in [-0.05, 0) is 6.42 Å². The summed E-state index contributed by atoms with van der Waals surface area (Å²) >= 11 is 0. The van der Waals surface area contributed by atoms with Crippen LogP contribution < -0.4 is 0 Å². The molecule has 0 aliphatic heterocycles. The van der Waals surface area contributed by atoms with E-state index in [1.54, 1.807) is 6.92 Å². The number of hydrogen-bond acceptors (Lipinski definition) is 5. The van der Waals surface area contributed by atoms with Crippen molar-refractivity contribution in [3.8, 4) is 12.3 Å². The third-order valence-corrected chi connectivity index (χ3v) is 2.68. The number of terminal acetylenes is 1. The summed E-state index contributed by atoms with van der Waals surface area (Å²) in [6.45, 7) is 1.47. The lowest BCUT2D eigenvalue weighted by atomic mass is 10.5. The highest BCUT2D eigenvalue weighted by Gasteiger charge is 2.10. The summed E-state index contributed by atoms with van der Waals surface area (Å²) < 4.78 is 31.2. The van der Waals surface area contributed by atoms with Gasteiger partial charge in [-0.2, -0.15) is 8.42 Å². The zero-order valence-corrected chi connectivity index (χ0v) is 9.38. The average Bonchev–Trinajstić information content (AvgIpc) is 2.21. The van der Waals surface area contributed by atoms with Crippen molar-refractivity contribution in [3.05, 3.63) is 0 Å². The van der Waals surface area contributed by atoms with Crippen molar-refractivity contribution in [2.75, 3.05) is 19.0 Å². The molecular formula is C9H14O5S. The van der Waals surface area contributed by atoms with E-state index < -0.39 is 10.1 Å². The van der Waals surface area contributed by atoms with Gasteiger partial charge in [-0.3, -0.25) is 8.98 Å². The van der Waals surface area contributed by atoms with Crippen molar-refractivity contribution in [1.29, 1.82) is 0 Å². The first-order valence-corrected chi connectivity index (χ1v) is 6.05. The monoisotopic (exact) mass is 234 g/mol. The highest BCUT2D eigenvalue weighted by Crippen LogP contribution is 1.97. The lowest BCUT2D eigenvalue weighted by molar-refractivity contribution is -0.143. The number of carbonyl (C=O) groups excluding carboxylic acids is 1. The van der Waals surface area contributed by atoms with Crippen molar-refractivity contribution in [2.45, 2.75) is 19.8 Å². The fourth-order valence-electron chi connectivity index (χ4n) is 0.706. The van der Waals surface area contributed by atoms with Gasteiger partial charge in [0.25, 0.3) is 10.1 Å². The Morgan fingerprint density at radius 2 is 2.13 bits per heavy atom. The molecule has 15 heavy (non-hydrogen) atoms. The molecule has 0 aromatic rings. The Morgan fingerprint density at radius 1 is 1.47 bits per heavy atom. The molecule has 0 aromatic heterocycles. The SMILES string of the molecule is C#CCOS(=O)(=O)CCCOC(=O)CC. The van der Waals surface area contributed by atoms with Gasteiger partial charge in [-0.1, -0.05) is 12.8 Å². The third kappa shape index (κ3) is 7.97. The molecule has 0 aromatic carbocycles. The van der Waals surface area contributed by atoms with Gasteiger partial charge < -0.3 is 4.74 Å². The Labute approximate surface area is 89.9 Å². The first-order chi connectivity index (χ1) is 7.02. The van der Waals surface area contributed by atoms with Gasteiger partial charge in [-0.25, -0.2) is 0 Å². The lowest BCUT2D eigenvalue weighted by Crippen LogP contribution is -2.14. The molecule has 0 rings (SSSR count). The molecule has 0 aliphatic carbocycles. The number of ether oxygens (including phenoxy) is 1. The minimum absolute atomic E-state index is 0.0747. The number of hydrogen-bond donors (Lipinski definition) is 0. The van der Waals surface area contributed by atoms with E-state index in [0.717, 1.165) is 0 Å². The predicted octanol–water partition coefficient (Wildman–Crippen LogP) is 0.309. The molecule has 0 N–H and O–H groups in total. The van der Waals surface area contributed by atoms with Crippen LogP contribution in [0.1, 0.15) is 19.8 Å². The van der Waals surface area contributed by atoms with Crippen LogP contribution in [-0.2, 0) is 23.8 Å². The molecule has 0 unspecified atom stereocenters. The first-order valence-electron chi connectivity index (χ1n) is 4.48. The van der Waals surface area contributed by atoms with E-state index in [0.29, 0.717) is 0 Å². The van der Waals surface area contributed by atoms with E-state index in [1.165, 1.54) is 0 Å². The van der Waals surface area contributed by atoms with Crippen LogP contribution in [0, 0.1) is 12.3 Å². The van der Waals surface area contributed by atoms with Gasteiger partial charge in [-0.15, -0.1) is 6.42 Å². The molecule has 0 saturated carbocycles. The minimum Gasteiger partial charge on any atom is -0.466 e. The second-order valence-corrected chi connectivity index (χ2v) is 4.41. The van der Waals surface area contributed by atoms with E-state index in [-0.39, 0.29) is 37.8 Å². The molecule has 0 atom stereocenters. The van der Waals surface area contributed by atoms with E-state index >= 15 is 0 Å². The minimum atomic E-state index is -3.58. The van der Waals surface area contributed by atoms with Crippen molar-refractivity contribution in [2.24, 2.45) is 0 Å². The van der Waals surface area contributed by atoms with Crippen LogP contribution in [-0.4, -0.2) is 33.4 Å². The van der Waals surface area contributed by atoms with Crippen LogP contribution in [0.4, 0.5) is 0 Å². The summed E-state index contributed by atoms with van der Waals surface area (Å²) in [5.41, 5.74) is 0. The Balaban J connectivity index is 3.67. The Bertz CT molecular complexity index is 325. The van der Waals surface area contributed by atoms with Gasteiger partial charge >= 0.3 is 5.97 Å². The van der Waals surface area contributed by atoms with Crippen molar-refractivity contribution in [1.82, 2.24) is 0 Å². The van der Waals surface area contributed by atoms with Crippen molar-refractivity contribution >= 4 is 16.1 Å². The smallest absolute Gasteiger partial charge is 0.305 e. The van der Waals surface area contributed by atoms with Gasteiger partial charge in [0.2, 0.25) is 0 Å². The molecule has 0 saturated heterocycles. The van der Waals surface area contributed by atoms with Crippen molar-refractivity contribution < 1.29 is 22.1 Å². The largest absolute Gasteiger partial charge is 0.466 e. The number of esters is 1. The van der Waals surface area contributed by atoms with E-state index in [2.05, 4.69) is 10.1 Å². The van der Waals surface area contributed by atoms with E-state index in [9.17, 15) is 13.2 Å². The fourth-order valence-corrected chi connectivity index (χ4v) is 1.54. The van der Waals surface area contributed by atoms with Crippen LogP contribution in [0.3, 0.4) is 0 Å². The molecule has 0 bridgehead atoms. The zero-order valence-electron chi connectivity index (χ0n) is 8.56. The molecule has 6 heteroatoms. The Kier molecular flexibility index (Phi) is 6.75. The molecular weight excluding hydrogens is 220 g/mol. The maximum absolute atomic E-state index is 11.0. The third-order valence-electron chi connectivity index (χ3n) is 1.41. The van der Waals surface area contributed by atoms with Gasteiger partial charge in [0.15, 0.2) is 0 Å². The zero-order chi connectivity index (χ0) is 11.7. The second-order valence-electron chi connectivity index (χ2n) is 2.66. The van der Waals surface area contributed by atoms with Gasteiger partial charge in [0.1, 0.15) is 6.61 Å². The van der Waals surface area contributed by atoms with Crippen LogP contribution in [0.15, 0.2) is 0 Å². The van der Waals surface area contributed by atoms with Crippen LogP contribution in [0.5, 0.6) is 0 Å². The maximum Gasteiger partial charge on any atom is 0.305 e. The normalized spacial score (nSPS) is 10.7. The predicted molar refractivity (Wildman–Crippen MR) is 54.4 cm³/mol. The highest BCUT2D eigenvalue weighted by atomic mass is 32.2. The van der Waals surface area contributed by atoms with Crippen LogP contribution >= 0.6 is 0 Å². The lowest BCUT2D eigenvalue weighted by Gasteiger charge is -2.03. The Hall–Kier alpha value is -1.06. The molecule has 86 valence electrons. The molecule has 0 spiro atoms. The second kappa shape index (κ2) is 7.26. The Morgan fingerprint density at radius 3 is 2.67 bits per heavy atom. The molecule has 0 heterocycles. The van der Waals surface area contributed by atoms with Crippen LogP contribution in [0.25, 0.3) is 0 Å². The standard InChI is InChI=1S/C9H14O5S/c1-3-6-14-15(11,12)8-5-7-13-9(10)4-2/h1H,4-8H2,2H3. The first kappa shape index (κ1) is 13.9. The quantitative estimate of drug-likeness (QED) is 0.274.